The summed E-state index contributed by atoms with van der Waals surface area (Å²) in [5, 5.41) is 23.3. The van der Waals surface area contributed by atoms with E-state index in [1.165, 1.54) is 90.6 Å². The highest BCUT2D eigenvalue weighted by Crippen LogP contribution is 2.34. The molecule has 4 aliphatic carbocycles. The van der Waals surface area contributed by atoms with Crippen LogP contribution in [-0.2, 0) is 57.5 Å². The van der Waals surface area contributed by atoms with Gasteiger partial charge in [0.15, 0.2) is 0 Å². The van der Waals surface area contributed by atoms with Crippen molar-refractivity contribution in [1.82, 2.24) is 60.5 Å². The zero-order valence-electron chi connectivity index (χ0n) is 65.7. The maximum atomic E-state index is 15.7. The van der Waals surface area contributed by atoms with Gasteiger partial charge in [-0.15, -0.1) is 0 Å². The second kappa shape index (κ2) is 40.9. The first kappa shape index (κ1) is 85.5. The molecule has 2 saturated heterocycles. The van der Waals surface area contributed by atoms with Crippen LogP contribution in [0.4, 0.5) is 0 Å². The number of rotatable bonds is 15. The van der Waals surface area contributed by atoms with Crippen LogP contribution < -0.4 is 21.3 Å². The fourth-order valence-corrected chi connectivity index (χ4v) is 17.1. The summed E-state index contributed by atoms with van der Waals surface area (Å²) in [4.78, 5) is 193. The van der Waals surface area contributed by atoms with E-state index in [2.05, 4.69) is 21.3 Å². The van der Waals surface area contributed by atoms with Gasteiger partial charge in [-0.25, -0.2) is 0 Å². The average molecular weight is 1450 g/mol. The zero-order valence-corrected chi connectivity index (χ0v) is 65.7. The largest absolute Gasteiger partial charge is 0.391 e. The molecule has 4 saturated carbocycles. The molecule has 0 spiro atoms. The van der Waals surface area contributed by atoms with Crippen molar-refractivity contribution in [3.8, 4) is 0 Å². The van der Waals surface area contributed by atoms with Gasteiger partial charge in [0, 0.05) is 62.4 Å². The molecule has 6 aliphatic rings. The van der Waals surface area contributed by atoms with E-state index < -0.39 is 156 Å². The van der Waals surface area contributed by atoms with Crippen molar-refractivity contribution in [1.29, 1.82) is 0 Å². The van der Waals surface area contributed by atoms with Gasteiger partial charge in [-0.05, 0) is 113 Å². The molecule has 6 fully saturated rings. The lowest BCUT2D eigenvalue weighted by Gasteiger charge is -2.39. The van der Waals surface area contributed by atoms with E-state index in [0.717, 1.165) is 135 Å². The highest BCUT2D eigenvalue weighted by Gasteiger charge is 2.45. The van der Waals surface area contributed by atoms with Crippen LogP contribution in [0.3, 0.4) is 0 Å². The molecule has 12 amide bonds. The number of nitrogens with zero attached hydrogens (tertiary/aromatic N) is 8. The maximum Gasteiger partial charge on any atom is 0.246 e. The Labute approximate surface area is 616 Å². The highest BCUT2D eigenvalue weighted by molar-refractivity contribution is 6.00. The molecule has 0 aromatic rings. The summed E-state index contributed by atoms with van der Waals surface area (Å²) >= 11 is 0. The molecule has 0 aromatic heterocycles. The number of carbonyl (C=O) groups excluding carboxylic acids is 12. The topological polar surface area (TPSA) is 299 Å². The van der Waals surface area contributed by atoms with Gasteiger partial charge in [0.2, 0.25) is 70.9 Å². The van der Waals surface area contributed by atoms with Crippen molar-refractivity contribution in [2.75, 3.05) is 69.0 Å². The summed E-state index contributed by atoms with van der Waals surface area (Å²) in [7, 11) is 10.5. The number of aliphatic hydroxyl groups is 1. The molecule has 0 bridgehead atoms. The van der Waals surface area contributed by atoms with Crippen LogP contribution in [0.5, 0.6) is 0 Å². The number of hydrogen-bond acceptors (Lipinski definition) is 13. The van der Waals surface area contributed by atoms with Gasteiger partial charge in [-0.3, -0.25) is 57.5 Å². The minimum atomic E-state index is -1.70. The first-order valence-corrected chi connectivity index (χ1v) is 39.7. The molecule has 0 aromatic carbocycles. The van der Waals surface area contributed by atoms with Crippen molar-refractivity contribution in [2.24, 2.45) is 41.4 Å². The lowest BCUT2D eigenvalue weighted by Crippen LogP contribution is -2.62. The van der Waals surface area contributed by atoms with Gasteiger partial charge in [0.1, 0.15) is 60.4 Å². The maximum absolute atomic E-state index is 15.7. The van der Waals surface area contributed by atoms with Crippen LogP contribution in [0.25, 0.3) is 0 Å². The second-order valence-electron chi connectivity index (χ2n) is 33.1. The number of aliphatic hydroxyl groups excluding tert-OH is 1. The van der Waals surface area contributed by atoms with E-state index in [1.807, 2.05) is 27.7 Å². The summed E-state index contributed by atoms with van der Waals surface area (Å²) in [6, 6.07) is -12.5. The predicted molar refractivity (Wildman–Crippen MR) is 396 cm³/mol. The SMILES string of the molecule is CC(C)C[C@@H]1NC(=O)[C@H](CC2CCCCC2)N(C)C(=O)[C@H](C(C)C)N(C)C(=O)C[C@@H](C(=O)N2CCCCC2)NC(=O)[C@H]([C@@H](C)O)NC(=O)[C@H](CC2CCCCC2)N(C)C(=O)[C@H](CC2CCCCC2)NC(=O)[C@H](CC2CCCCC2)N(C)C(=O)CN(C)C(=O)[C@H](C)N(C)C(=O)[C@H](CC(C)C)N(C)C1=O. The number of nitrogens with one attached hydrogen (secondary N) is 4. The Hall–Kier alpha value is -6.40. The molecule has 25 nitrogen and oxygen atoms in total. The number of likely N-dealkylation sites (tertiary alicyclic amines) is 1. The summed E-state index contributed by atoms with van der Waals surface area (Å²) in [5.41, 5.74) is 0. The Morgan fingerprint density at radius 3 is 1.25 bits per heavy atom. The van der Waals surface area contributed by atoms with Crippen LogP contribution in [0, 0.1) is 41.4 Å². The third-order valence-electron chi connectivity index (χ3n) is 23.7. The number of piperidine rings is 1. The molecule has 2 heterocycles. The molecule has 5 N–H and O–H groups in total. The van der Waals surface area contributed by atoms with Gasteiger partial charge in [0.25, 0.3) is 0 Å². The van der Waals surface area contributed by atoms with E-state index in [-0.39, 0.29) is 74.0 Å². The zero-order chi connectivity index (χ0) is 76.1. The molecule has 6 rings (SSSR count). The average Bonchev–Trinajstić information content (AvgIpc) is 0.819. The van der Waals surface area contributed by atoms with Crippen LogP contribution in [-0.4, -0.2) is 251 Å². The van der Waals surface area contributed by atoms with E-state index in [1.54, 1.807) is 25.7 Å². The number of carbonyl (C=O) groups is 12. The third-order valence-corrected chi connectivity index (χ3v) is 23.7. The Morgan fingerprint density at radius 2 is 0.806 bits per heavy atom. The molecule has 0 unspecified atom stereocenters. The van der Waals surface area contributed by atoms with Gasteiger partial charge < -0.3 is 65.6 Å². The smallest absolute Gasteiger partial charge is 0.246 e. The monoisotopic (exact) mass is 1450 g/mol. The number of likely N-dealkylation sites (N-methyl/N-ethyl adjacent to an activating group) is 7. The molecule has 0 radical (unpaired) electrons. The molecule has 2 aliphatic heterocycles. The van der Waals surface area contributed by atoms with Crippen molar-refractivity contribution < 1.29 is 62.6 Å². The van der Waals surface area contributed by atoms with Gasteiger partial charge in [-0.2, -0.15) is 0 Å². The summed E-state index contributed by atoms with van der Waals surface area (Å²) in [6.07, 6.45) is 19.3. The van der Waals surface area contributed by atoms with Gasteiger partial charge in [0.05, 0.1) is 19.1 Å². The summed E-state index contributed by atoms with van der Waals surface area (Å²) in [6.45, 7) is 14.3. The first-order valence-electron chi connectivity index (χ1n) is 39.7. The Balaban J connectivity index is 1.47. The molecular weight excluding hydrogens is 1310 g/mol. The highest BCUT2D eigenvalue weighted by atomic mass is 16.3. The lowest BCUT2D eigenvalue weighted by molar-refractivity contribution is -0.153. The minimum absolute atomic E-state index is 0.00345. The van der Waals surface area contributed by atoms with Crippen molar-refractivity contribution >= 4 is 70.9 Å². The van der Waals surface area contributed by atoms with Gasteiger partial charge >= 0.3 is 0 Å². The minimum Gasteiger partial charge on any atom is -0.391 e. The van der Waals surface area contributed by atoms with Gasteiger partial charge in [-0.1, -0.05) is 170 Å². The number of hydrogen-bond donors (Lipinski definition) is 5. The molecule has 584 valence electrons. The quantitative estimate of drug-likeness (QED) is 0.113. The fraction of sp³-hybridized carbons (Fsp3) is 0.846. The summed E-state index contributed by atoms with van der Waals surface area (Å²) in [5.74, 6) is -8.18. The molecule has 103 heavy (non-hydrogen) atoms. The third kappa shape index (κ3) is 24.3. The Bertz CT molecular complexity index is 2840. The molecule has 11 atom stereocenters. The normalized spacial score (nSPS) is 29.0. The van der Waals surface area contributed by atoms with Crippen molar-refractivity contribution in [3.63, 3.8) is 0 Å². The standard InChI is InChI=1S/C78H134N12O13/c1-49(2)41-58-74(99)88(14)64(42-50(3)4)77(102)84(10)52(7)73(98)83(9)48-66(93)85(11)61(44-55-33-23-17-24-34-55)69(94)80-59(43-54-31-21-16-22-32-54)75(100)86(12)63(46-57-37-27-19-28-38-57)71(96)82-67(53(8)91)72(97)81-60(76(101)90-39-29-20-30-40-90)47-65(92)89(15)68(51(5)6)78(103)87(13)62(70(95)79-58)45-56-35-25-18-26-36-56/h49-64,67-68,91H,16-48H2,1-15H3,(H,79,95)(H,80,94)(H,81,97)(H,82,96)/t52-,53+,58-,59-,60-,61-,62-,63-,64-,67-,68-/m0/s1. The Kier molecular flexibility index (Phi) is 34.0. The fourth-order valence-electron chi connectivity index (χ4n) is 17.1. The second-order valence-corrected chi connectivity index (χ2v) is 33.1. The lowest BCUT2D eigenvalue weighted by atomic mass is 9.83. The Morgan fingerprint density at radius 1 is 0.408 bits per heavy atom. The van der Waals surface area contributed by atoms with Crippen LogP contribution >= 0.6 is 0 Å². The van der Waals surface area contributed by atoms with E-state index in [0.29, 0.717) is 25.9 Å². The first-order chi connectivity index (χ1) is 48.7. The van der Waals surface area contributed by atoms with Crippen molar-refractivity contribution in [3.05, 3.63) is 0 Å². The summed E-state index contributed by atoms with van der Waals surface area (Å²) < 4.78 is 0. The van der Waals surface area contributed by atoms with E-state index in [9.17, 15) is 19.5 Å². The van der Waals surface area contributed by atoms with E-state index >= 15 is 43.2 Å². The predicted octanol–water partition coefficient (Wildman–Crippen LogP) is 6.79. The molecule has 25 heteroatoms. The molecular formula is C78H134N12O13. The van der Waals surface area contributed by atoms with Crippen LogP contribution in [0.15, 0.2) is 0 Å². The van der Waals surface area contributed by atoms with E-state index in [4.69, 9.17) is 0 Å². The number of amides is 12. The van der Waals surface area contributed by atoms with Crippen molar-refractivity contribution in [2.45, 2.75) is 315 Å². The van der Waals surface area contributed by atoms with Crippen LogP contribution in [0.2, 0.25) is 0 Å². The van der Waals surface area contributed by atoms with Crippen LogP contribution in [0.1, 0.15) is 248 Å².